The Morgan fingerprint density at radius 3 is 3.04 bits per heavy atom. The van der Waals surface area contributed by atoms with E-state index in [9.17, 15) is 4.79 Å². The van der Waals surface area contributed by atoms with Gasteiger partial charge in [-0.1, -0.05) is 0 Å². The highest BCUT2D eigenvalue weighted by Gasteiger charge is 2.53. The zero-order chi connectivity index (χ0) is 15.9. The number of carbonyl (C=O) groups is 1. The number of piperazine rings is 1. The first-order valence-electron chi connectivity index (χ1n) is 8.06. The number of H-pyrrole nitrogens is 1. The standard InChI is InChI=1S/C16H21N5OS/c1-23-9-3-13(22)21-8-7-20(10-16(21)4-5-16)15-12-2-6-17-14(12)18-11-19-15/h2,6,11H,3-5,7-10H2,1H3,(H,17,18,19). The summed E-state index contributed by atoms with van der Waals surface area (Å²) in [5.41, 5.74) is 0.916. The Hall–Kier alpha value is -1.76. The number of aromatic nitrogens is 3. The van der Waals surface area contributed by atoms with E-state index in [-0.39, 0.29) is 5.54 Å². The fourth-order valence-electron chi connectivity index (χ4n) is 3.55. The molecule has 1 saturated heterocycles. The van der Waals surface area contributed by atoms with Crippen LogP contribution in [-0.2, 0) is 4.79 Å². The molecule has 1 spiro atoms. The lowest BCUT2D eigenvalue weighted by molar-refractivity contribution is -0.134. The van der Waals surface area contributed by atoms with Gasteiger partial charge in [0.25, 0.3) is 0 Å². The maximum atomic E-state index is 12.5. The third-order valence-electron chi connectivity index (χ3n) is 4.93. The number of hydrogen-bond acceptors (Lipinski definition) is 5. The van der Waals surface area contributed by atoms with E-state index in [2.05, 4.69) is 31.0 Å². The van der Waals surface area contributed by atoms with E-state index in [0.717, 1.165) is 55.1 Å². The van der Waals surface area contributed by atoms with Crippen molar-refractivity contribution in [2.45, 2.75) is 24.8 Å². The molecule has 1 aliphatic carbocycles. The first kappa shape index (κ1) is 14.8. The lowest BCUT2D eigenvalue weighted by atomic mass is 10.1. The second-order valence-corrected chi connectivity index (χ2v) is 7.36. The molecule has 2 aromatic heterocycles. The molecule has 122 valence electrons. The van der Waals surface area contributed by atoms with E-state index in [1.165, 1.54) is 0 Å². The van der Waals surface area contributed by atoms with Gasteiger partial charge in [-0.2, -0.15) is 11.8 Å². The topological polar surface area (TPSA) is 65.1 Å². The zero-order valence-corrected chi connectivity index (χ0v) is 14.1. The van der Waals surface area contributed by atoms with Crippen molar-refractivity contribution < 1.29 is 4.79 Å². The van der Waals surface area contributed by atoms with Crippen molar-refractivity contribution in [3.8, 4) is 0 Å². The molecular weight excluding hydrogens is 310 g/mol. The summed E-state index contributed by atoms with van der Waals surface area (Å²) < 4.78 is 0. The van der Waals surface area contributed by atoms with Crippen LogP contribution < -0.4 is 4.90 Å². The zero-order valence-electron chi connectivity index (χ0n) is 13.3. The van der Waals surface area contributed by atoms with E-state index in [0.29, 0.717) is 12.3 Å². The molecule has 1 aliphatic heterocycles. The van der Waals surface area contributed by atoms with Gasteiger partial charge < -0.3 is 14.8 Å². The van der Waals surface area contributed by atoms with Crippen LogP contribution in [0.2, 0.25) is 0 Å². The molecule has 0 aromatic carbocycles. The summed E-state index contributed by atoms with van der Waals surface area (Å²) in [5.74, 6) is 2.20. The largest absolute Gasteiger partial charge is 0.352 e. The number of nitrogens with zero attached hydrogens (tertiary/aromatic N) is 4. The van der Waals surface area contributed by atoms with Gasteiger partial charge in [0, 0.05) is 38.0 Å². The fourth-order valence-corrected chi connectivity index (χ4v) is 3.93. The van der Waals surface area contributed by atoms with Crippen LogP contribution in [-0.4, -0.2) is 62.9 Å². The lowest BCUT2D eigenvalue weighted by Crippen LogP contribution is -2.57. The SMILES string of the molecule is CSCCC(=O)N1CCN(c2ncnc3[nH]ccc23)CC12CC2. The van der Waals surface area contributed by atoms with Crippen LogP contribution in [0.25, 0.3) is 11.0 Å². The second kappa shape index (κ2) is 5.70. The summed E-state index contributed by atoms with van der Waals surface area (Å²) in [6, 6.07) is 2.03. The van der Waals surface area contributed by atoms with E-state index in [1.54, 1.807) is 18.1 Å². The van der Waals surface area contributed by atoms with Crippen molar-refractivity contribution >= 4 is 34.5 Å². The van der Waals surface area contributed by atoms with E-state index < -0.39 is 0 Å². The van der Waals surface area contributed by atoms with Crippen molar-refractivity contribution in [2.75, 3.05) is 36.5 Å². The molecule has 2 aromatic rings. The highest BCUT2D eigenvalue weighted by atomic mass is 32.2. The number of aromatic amines is 1. The fraction of sp³-hybridized carbons (Fsp3) is 0.562. The third kappa shape index (κ3) is 2.56. The lowest BCUT2D eigenvalue weighted by Gasteiger charge is -2.43. The quantitative estimate of drug-likeness (QED) is 0.927. The molecule has 0 atom stereocenters. The first-order chi connectivity index (χ1) is 11.2. The average Bonchev–Trinajstić information content (AvgIpc) is 3.15. The molecule has 0 radical (unpaired) electrons. The third-order valence-corrected chi connectivity index (χ3v) is 5.54. The van der Waals surface area contributed by atoms with Crippen LogP contribution in [0.15, 0.2) is 18.6 Å². The van der Waals surface area contributed by atoms with E-state index in [4.69, 9.17) is 0 Å². The minimum atomic E-state index is 0.0430. The molecule has 4 rings (SSSR count). The summed E-state index contributed by atoms with van der Waals surface area (Å²) in [4.78, 5) is 28.9. The number of anilines is 1. The van der Waals surface area contributed by atoms with E-state index >= 15 is 0 Å². The summed E-state index contributed by atoms with van der Waals surface area (Å²) >= 11 is 1.74. The Morgan fingerprint density at radius 1 is 1.39 bits per heavy atom. The smallest absolute Gasteiger partial charge is 0.223 e. The molecule has 6 nitrogen and oxygen atoms in total. The molecule has 2 fully saturated rings. The number of thioether (sulfide) groups is 1. The average molecular weight is 331 g/mol. The van der Waals surface area contributed by atoms with Crippen LogP contribution in [0.3, 0.4) is 0 Å². The monoisotopic (exact) mass is 331 g/mol. The Labute approximate surface area is 139 Å². The number of fused-ring (bicyclic) bond motifs is 1. The normalized spacial score (nSPS) is 19.5. The Kier molecular flexibility index (Phi) is 3.67. The van der Waals surface area contributed by atoms with Gasteiger partial charge in [0.15, 0.2) is 0 Å². The van der Waals surface area contributed by atoms with Gasteiger partial charge in [-0.05, 0) is 25.2 Å². The number of hydrogen-bond donors (Lipinski definition) is 1. The van der Waals surface area contributed by atoms with Crippen LogP contribution in [0.4, 0.5) is 5.82 Å². The highest BCUT2D eigenvalue weighted by Crippen LogP contribution is 2.45. The van der Waals surface area contributed by atoms with Gasteiger partial charge in [0.2, 0.25) is 5.91 Å². The number of rotatable bonds is 4. The minimum absolute atomic E-state index is 0.0430. The van der Waals surface area contributed by atoms with Crippen LogP contribution >= 0.6 is 11.8 Å². The predicted octanol–water partition coefficient (Wildman–Crippen LogP) is 1.89. The van der Waals surface area contributed by atoms with Crippen LogP contribution in [0.5, 0.6) is 0 Å². The van der Waals surface area contributed by atoms with Gasteiger partial charge in [0.05, 0.1) is 10.9 Å². The molecule has 1 amide bonds. The van der Waals surface area contributed by atoms with Gasteiger partial charge in [-0.3, -0.25) is 4.79 Å². The second-order valence-electron chi connectivity index (χ2n) is 6.37. The molecule has 1 N–H and O–H groups in total. The minimum Gasteiger partial charge on any atom is -0.352 e. The molecule has 0 bridgehead atoms. The number of amides is 1. The van der Waals surface area contributed by atoms with E-state index in [1.807, 2.05) is 12.3 Å². The van der Waals surface area contributed by atoms with Crippen molar-refractivity contribution in [3.63, 3.8) is 0 Å². The molecule has 3 heterocycles. The Balaban J connectivity index is 1.55. The summed E-state index contributed by atoms with van der Waals surface area (Å²) in [5, 5.41) is 1.06. The Morgan fingerprint density at radius 2 is 2.26 bits per heavy atom. The van der Waals surface area contributed by atoms with Crippen molar-refractivity contribution in [1.29, 1.82) is 0 Å². The van der Waals surface area contributed by atoms with Gasteiger partial charge in [-0.25, -0.2) is 9.97 Å². The van der Waals surface area contributed by atoms with Gasteiger partial charge >= 0.3 is 0 Å². The number of nitrogens with one attached hydrogen (secondary N) is 1. The van der Waals surface area contributed by atoms with Crippen LogP contribution in [0, 0.1) is 0 Å². The maximum absolute atomic E-state index is 12.5. The molecule has 1 saturated carbocycles. The van der Waals surface area contributed by atoms with Crippen LogP contribution in [0.1, 0.15) is 19.3 Å². The molecule has 2 aliphatic rings. The highest BCUT2D eigenvalue weighted by molar-refractivity contribution is 7.98. The first-order valence-corrected chi connectivity index (χ1v) is 9.45. The summed E-state index contributed by atoms with van der Waals surface area (Å²) in [6.07, 6.45) is 8.43. The molecule has 7 heteroatoms. The van der Waals surface area contributed by atoms with Gasteiger partial charge in [-0.15, -0.1) is 0 Å². The summed E-state index contributed by atoms with van der Waals surface area (Å²) in [7, 11) is 0. The molecular formula is C16H21N5OS. The Bertz CT molecular complexity index is 726. The maximum Gasteiger partial charge on any atom is 0.223 e. The van der Waals surface area contributed by atoms with Crippen molar-refractivity contribution in [3.05, 3.63) is 18.6 Å². The summed E-state index contributed by atoms with van der Waals surface area (Å²) in [6.45, 7) is 2.52. The van der Waals surface area contributed by atoms with Gasteiger partial charge in [0.1, 0.15) is 17.8 Å². The predicted molar refractivity (Wildman–Crippen MR) is 92.8 cm³/mol. The number of carbonyl (C=O) groups excluding carboxylic acids is 1. The van der Waals surface area contributed by atoms with Crippen molar-refractivity contribution in [2.24, 2.45) is 0 Å². The molecule has 23 heavy (non-hydrogen) atoms. The molecule has 0 unspecified atom stereocenters. The van der Waals surface area contributed by atoms with Crippen molar-refractivity contribution in [1.82, 2.24) is 19.9 Å².